The van der Waals surface area contributed by atoms with Crippen LogP contribution in [0.4, 0.5) is 0 Å². The molecule has 0 fully saturated rings. The molecule has 0 atom stereocenters. The number of benzene rings is 1. The Balaban J connectivity index is 3.14. The van der Waals surface area contributed by atoms with Crippen LogP contribution in [0.2, 0.25) is 0 Å². The molecule has 0 amide bonds. The van der Waals surface area contributed by atoms with Crippen molar-refractivity contribution in [1.82, 2.24) is 0 Å². The molecule has 0 spiro atoms. The fourth-order valence-corrected chi connectivity index (χ4v) is 1.33. The Morgan fingerprint density at radius 2 is 1.75 bits per heavy atom. The smallest absolute Gasteiger partial charge is 0.140 e. The minimum Gasteiger partial charge on any atom is -0.429 e. The molecule has 0 aliphatic rings. The lowest BCUT2D eigenvalue weighted by Crippen LogP contribution is -2.11. The van der Waals surface area contributed by atoms with Crippen LogP contribution in [0.25, 0.3) is 0 Å². The number of hydrogen-bond donors (Lipinski definition) is 1. The van der Waals surface area contributed by atoms with Crippen molar-refractivity contribution in [3.8, 4) is 5.75 Å². The van der Waals surface area contributed by atoms with Gasteiger partial charge in [0.1, 0.15) is 5.75 Å². The topological polar surface area (TPSA) is 9.23 Å². The second-order valence-electron chi connectivity index (χ2n) is 3.84. The van der Waals surface area contributed by atoms with E-state index in [1.165, 1.54) is 5.56 Å². The lowest BCUT2D eigenvalue weighted by atomic mass is 9.86. The summed E-state index contributed by atoms with van der Waals surface area (Å²) >= 11 is 3.81. The van der Waals surface area contributed by atoms with E-state index in [1.807, 2.05) is 18.2 Å². The van der Waals surface area contributed by atoms with Crippen molar-refractivity contribution in [2.45, 2.75) is 26.2 Å². The summed E-state index contributed by atoms with van der Waals surface area (Å²) in [5.74, 6) is 0.841. The Hall–Kier alpha value is -0.630. The van der Waals surface area contributed by atoms with Crippen LogP contribution in [0.3, 0.4) is 0 Å². The molecule has 0 heterocycles. The van der Waals surface area contributed by atoms with E-state index in [1.54, 1.807) is 0 Å². The number of para-hydroxylation sites is 1. The van der Waals surface area contributed by atoms with Gasteiger partial charge >= 0.3 is 0 Å². The third-order valence-corrected chi connectivity index (χ3v) is 1.99. The zero-order valence-corrected chi connectivity index (χ0v) is 8.56. The Bertz CT molecular complexity index is 263. The van der Waals surface area contributed by atoms with Gasteiger partial charge in [0, 0.05) is 18.5 Å². The van der Waals surface area contributed by atoms with Gasteiger partial charge in [-0.3, -0.25) is 0 Å². The first-order valence-electron chi connectivity index (χ1n) is 3.96. The predicted octanol–water partition coefficient (Wildman–Crippen LogP) is 3.21. The van der Waals surface area contributed by atoms with Gasteiger partial charge < -0.3 is 4.18 Å². The maximum atomic E-state index is 4.97. The van der Waals surface area contributed by atoms with Gasteiger partial charge in [-0.1, -0.05) is 39.0 Å². The van der Waals surface area contributed by atoms with Crippen LogP contribution in [0, 0.1) is 0 Å². The summed E-state index contributed by atoms with van der Waals surface area (Å²) < 4.78 is 4.97. The highest BCUT2D eigenvalue weighted by Crippen LogP contribution is 2.31. The molecule has 0 N–H and O–H groups in total. The van der Waals surface area contributed by atoms with Crippen molar-refractivity contribution in [3.05, 3.63) is 29.8 Å². The third-order valence-electron chi connectivity index (χ3n) is 1.79. The molecule has 0 bridgehead atoms. The van der Waals surface area contributed by atoms with Crippen LogP contribution in [0.5, 0.6) is 5.75 Å². The first kappa shape index (κ1) is 9.46. The zero-order valence-electron chi connectivity index (χ0n) is 7.66. The average molecular weight is 182 g/mol. The number of rotatable bonds is 1. The number of thiol groups is 1. The van der Waals surface area contributed by atoms with Gasteiger partial charge in [-0.15, -0.1) is 0 Å². The quantitative estimate of drug-likeness (QED) is 0.518. The second kappa shape index (κ2) is 3.40. The zero-order chi connectivity index (χ0) is 9.19. The molecule has 0 saturated heterocycles. The van der Waals surface area contributed by atoms with Crippen LogP contribution in [0.1, 0.15) is 26.3 Å². The third kappa shape index (κ3) is 1.95. The first-order chi connectivity index (χ1) is 5.55. The summed E-state index contributed by atoms with van der Waals surface area (Å²) in [6.07, 6.45) is 0. The predicted molar refractivity (Wildman–Crippen MR) is 54.8 cm³/mol. The molecule has 0 saturated carbocycles. The van der Waals surface area contributed by atoms with Gasteiger partial charge in [0.05, 0.1) is 0 Å². The van der Waals surface area contributed by atoms with Gasteiger partial charge in [-0.25, -0.2) is 0 Å². The molecule has 0 aromatic heterocycles. The first-order valence-corrected chi connectivity index (χ1v) is 4.33. The highest BCUT2D eigenvalue weighted by molar-refractivity contribution is 7.75. The molecular weight excluding hydrogens is 168 g/mol. The molecule has 0 radical (unpaired) electrons. The molecule has 1 nitrogen and oxygen atoms in total. The summed E-state index contributed by atoms with van der Waals surface area (Å²) in [7, 11) is 0. The highest BCUT2D eigenvalue weighted by atomic mass is 32.1. The molecule has 66 valence electrons. The van der Waals surface area contributed by atoms with Gasteiger partial charge in [0.25, 0.3) is 0 Å². The van der Waals surface area contributed by atoms with E-state index >= 15 is 0 Å². The van der Waals surface area contributed by atoms with Crippen molar-refractivity contribution in [2.75, 3.05) is 0 Å². The Labute approximate surface area is 79.4 Å². The van der Waals surface area contributed by atoms with Gasteiger partial charge in [-0.2, -0.15) is 0 Å². The van der Waals surface area contributed by atoms with Gasteiger partial charge in [-0.05, 0) is 11.5 Å². The normalized spacial score (nSPS) is 11.3. The summed E-state index contributed by atoms with van der Waals surface area (Å²) in [5, 5.41) is 0. The fraction of sp³-hybridized carbons (Fsp3) is 0.400. The monoisotopic (exact) mass is 182 g/mol. The van der Waals surface area contributed by atoms with Gasteiger partial charge in [0.2, 0.25) is 0 Å². The van der Waals surface area contributed by atoms with E-state index < -0.39 is 0 Å². The van der Waals surface area contributed by atoms with E-state index in [2.05, 4.69) is 39.7 Å². The molecule has 2 heteroatoms. The molecule has 0 unspecified atom stereocenters. The van der Waals surface area contributed by atoms with E-state index in [4.69, 9.17) is 4.18 Å². The van der Waals surface area contributed by atoms with E-state index in [0.29, 0.717) is 0 Å². The van der Waals surface area contributed by atoms with Crippen molar-refractivity contribution in [2.24, 2.45) is 0 Å². The lowest BCUT2D eigenvalue weighted by molar-refractivity contribution is 0.549. The molecule has 12 heavy (non-hydrogen) atoms. The molecule has 1 rings (SSSR count). The number of hydrogen-bond acceptors (Lipinski definition) is 2. The Morgan fingerprint density at radius 3 is 2.17 bits per heavy atom. The molecule has 1 aromatic rings. The second-order valence-corrected chi connectivity index (χ2v) is 4.02. The standard InChI is InChI=1S/C10H14OS/c1-10(2,3)8-6-4-5-7-9(8)11-12/h4-7,12H,1-3H3. The molecule has 0 aliphatic heterocycles. The Morgan fingerprint density at radius 1 is 1.17 bits per heavy atom. The molecule has 0 aliphatic carbocycles. The van der Waals surface area contributed by atoms with Crippen molar-refractivity contribution < 1.29 is 4.18 Å². The maximum Gasteiger partial charge on any atom is 0.140 e. The Kier molecular flexibility index (Phi) is 2.68. The van der Waals surface area contributed by atoms with E-state index in [-0.39, 0.29) is 5.41 Å². The largest absolute Gasteiger partial charge is 0.429 e. The average Bonchev–Trinajstić information content (AvgIpc) is 2.03. The van der Waals surface area contributed by atoms with Crippen LogP contribution in [-0.2, 0) is 5.41 Å². The molecule has 1 aromatic carbocycles. The van der Waals surface area contributed by atoms with Crippen LogP contribution >= 0.6 is 12.9 Å². The van der Waals surface area contributed by atoms with E-state index in [9.17, 15) is 0 Å². The lowest BCUT2D eigenvalue weighted by Gasteiger charge is -2.20. The van der Waals surface area contributed by atoms with Crippen molar-refractivity contribution in [3.63, 3.8) is 0 Å². The summed E-state index contributed by atoms with van der Waals surface area (Å²) in [6.45, 7) is 6.45. The van der Waals surface area contributed by atoms with Crippen molar-refractivity contribution in [1.29, 1.82) is 0 Å². The summed E-state index contributed by atoms with van der Waals surface area (Å²) in [4.78, 5) is 0. The highest BCUT2D eigenvalue weighted by Gasteiger charge is 2.17. The fourth-order valence-electron chi connectivity index (χ4n) is 1.17. The summed E-state index contributed by atoms with van der Waals surface area (Å²) in [6, 6.07) is 7.94. The van der Waals surface area contributed by atoms with Gasteiger partial charge in [0.15, 0.2) is 0 Å². The SMILES string of the molecule is CC(C)(C)c1ccccc1OS. The van der Waals surface area contributed by atoms with Crippen LogP contribution in [0.15, 0.2) is 24.3 Å². The van der Waals surface area contributed by atoms with Crippen LogP contribution in [-0.4, -0.2) is 0 Å². The maximum absolute atomic E-state index is 4.97. The summed E-state index contributed by atoms with van der Waals surface area (Å²) in [5.41, 5.74) is 1.29. The van der Waals surface area contributed by atoms with E-state index in [0.717, 1.165) is 5.75 Å². The van der Waals surface area contributed by atoms with Crippen LogP contribution < -0.4 is 4.18 Å². The minimum atomic E-state index is 0.110. The minimum absolute atomic E-state index is 0.110. The molecular formula is C10H14OS. The van der Waals surface area contributed by atoms with Crippen molar-refractivity contribution >= 4 is 12.9 Å².